The fourth-order valence-electron chi connectivity index (χ4n) is 2.98. The molecule has 2 aromatic rings. The third-order valence-corrected chi connectivity index (χ3v) is 4.21. The number of hydrogen-bond donors (Lipinski definition) is 2. The van der Waals surface area contributed by atoms with Crippen LogP contribution in [0.1, 0.15) is 20.3 Å². The highest BCUT2D eigenvalue weighted by Crippen LogP contribution is 2.18. The van der Waals surface area contributed by atoms with Crippen LogP contribution in [0.3, 0.4) is 0 Å². The summed E-state index contributed by atoms with van der Waals surface area (Å²) < 4.78 is 6.50. The van der Waals surface area contributed by atoms with Crippen molar-refractivity contribution >= 4 is 22.9 Å². The van der Waals surface area contributed by atoms with Gasteiger partial charge in [0.2, 0.25) is 0 Å². The molecule has 1 aromatic carbocycles. The molecule has 1 unspecified atom stereocenters. The Kier molecular flexibility index (Phi) is 5.01. The number of nitrogens with one attached hydrogen (secondary N) is 2. The molecule has 0 spiro atoms. The Labute approximate surface area is 149 Å². The van der Waals surface area contributed by atoms with E-state index in [0.29, 0.717) is 28.6 Å². The topological polar surface area (TPSA) is 102 Å². The van der Waals surface area contributed by atoms with Crippen LogP contribution in [0.25, 0.3) is 10.9 Å². The van der Waals surface area contributed by atoms with E-state index >= 15 is 0 Å². The van der Waals surface area contributed by atoms with Crippen molar-refractivity contribution in [3.05, 3.63) is 52.2 Å². The lowest BCUT2D eigenvalue weighted by Gasteiger charge is -2.28. The number of carbonyl (C=O) groups excluding carboxylic acids is 2. The molecule has 2 amide bonds. The molecule has 136 valence electrons. The molecule has 1 aliphatic heterocycles. The zero-order valence-corrected chi connectivity index (χ0v) is 14.6. The van der Waals surface area contributed by atoms with Crippen molar-refractivity contribution in [2.24, 2.45) is 0 Å². The Bertz CT molecular complexity index is 948. The van der Waals surface area contributed by atoms with Crippen LogP contribution < -0.4 is 16.2 Å². The largest absolute Gasteiger partial charge is 0.463 e. The number of aromatic nitrogens is 2. The minimum atomic E-state index is -0.511. The number of urea groups is 1. The van der Waals surface area contributed by atoms with Crippen LogP contribution in [0.5, 0.6) is 0 Å². The summed E-state index contributed by atoms with van der Waals surface area (Å²) in [5.41, 5.74) is 1.02. The summed E-state index contributed by atoms with van der Waals surface area (Å²) in [6.07, 6.45) is 1.94. The molecule has 1 aliphatic rings. The number of para-hydroxylation sites is 1. The number of allylic oxidation sites excluding steroid dienone is 1. The van der Waals surface area contributed by atoms with Crippen molar-refractivity contribution in [3.8, 4) is 0 Å². The molecule has 0 saturated heterocycles. The van der Waals surface area contributed by atoms with Gasteiger partial charge in [-0.3, -0.25) is 9.36 Å². The zero-order valence-electron chi connectivity index (χ0n) is 14.6. The fraction of sp³-hybridized carbons (Fsp3) is 0.333. The van der Waals surface area contributed by atoms with Crippen molar-refractivity contribution < 1.29 is 14.3 Å². The van der Waals surface area contributed by atoms with E-state index in [-0.39, 0.29) is 18.7 Å². The number of rotatable bonds is 5. The van der Waals surface area contributed by atoms with E-state index in [9.17, 15) is 14.4 Å². The van der Waals surface area contributed by atoms with Gasteiger partial charge in [0.25, 0.3) is 5.56 Å². The maximum absolute atomic E-state index is 12.7. The number of esters is 1. The van der Waals surface area contributed by atoms with Gasteiger partial charge in [0, 0.05) is 0 Å². The highest BCUT2D eigenvalue weighted by Gasteiger charge is 2.31. The Morgan fingerprint density at radius 1 is 1.27 bits per heavy atom. The zero-order chi connectivity index (χ0) is 18.7. The summed E-state index contributed by atoms with van der Waals surface area (Å²) in [6.45, 7) is 3.81. The maximum atomic E-state index is 12.7. The Morgan fingerprint density at radius 3 is 2.77 bits per heavy atom. The minimum absolute atomic E-state index is 0.0226. The number of benzene rings is 1. The van der Waals surface area contributed by atoms with Crippen LogP contribution in [0.2, 0.25) is 0 Å². The molecule has 2 N–H and O–H groups in total. The first kappa shape index (κ1) is 17.7. The summed E-state index contributed by atoms with van der Waals surface area (Å²) in [7, 11) is 0. The van der Waals surface area contributed by atoms with Crippen molar-refractivity contribution in [1.82, 2.24) is 20.2 Å². The lowest BCUT2D eigenvalue weighted by Crippen LogP contribution is -2.51. The van der Waals surface area contributed by atoms with Crippen molar-refractivity contribution in [1.29, 1.82) is 0 Å². The predicted octanol–water partition coefficient (Wildman–Crippen LogP) is 1.31. The smallest absolute Gasteiger partial charge is 0.337 e. The first-order valence-corrected chi connectivity index (χ1v) is 8.47. The highest BCUT2D eigenvalue weighted by atomic mass is 16.5. The van der Waals surface area contributed by atoms with Gasteiger partial charge >= 0.3 is 12.0 Å². The molecule has 0 bridgehead atoms. The SMILES string of the molecule is CCOC(=O)C1=C(Cn2cnc3ccccc3c2=O)NC(=O)NC1CC. The number of nitrogens with zero attached hydrogens (tertiary/aromatic N) is 2. The van der Waals surface area contributed by atoms with Crippen LogP contribution in [-0.2, 0) is 16.1 Å². The normalized spacial score (nSPS) is 17.0. The molecule has 0 aliphatic carbocycles. The minimum Gasteiger partial charge on any atom is -0.463 e. The Morgan fingerprint density at radius 2 is 2.04 bits per heavy atom. The molecule has 1 atom stereocenters. The number of ether oxygens (including phenoxy) is 1. The second kappa shape index (κ2) is 7.38. The summed E-state index contributed by atoms with van der Waals surface area (Å²) in [6, 6.07) is 6.13. The van der Waals surface area contributed by atoms with Crippen LogP contribution in [-0.4, -0.2) is 34.2 Å². The molecule has 3 rings (SSSR count). The van der Waals surface area contributed by atoms with E-state index < -0.39 is 18.0 Å². The summed E-state index contributed by atoms with van der Waals surface area (Å²) in [5, 5.41) is 5.81. The molecule has 2 heterocycles. The van der Waals surface area contributed by atoms with Gasteiger partial charge in [-0.25, -0.2) is 14.6 Å². The molecule has 26 heavy (non-hydrogen) atoms. The molecule has 0 radical (unpaired) electrons. The van der Waals surface area contributed by atoms with Gasteiger partial charge in [-0.05, 0) is 25.5 Å². The van der Waals surface area contributed by atoms with E-state index in [0.717, 1.165) is 0 Å². The highest BCUT2D eigenvalue weighted by molar-refractivity contribution is 5.94. The van der Waals surface area contributed by atoms with Gasteiger partial charge in [-0.2, -0.15) is 0 Å². The first-order chi connectivity index (χ1) is 12.5. The second-order valence-electron chi connectivity index (χ2n) is 5.87. The van der Waals surface area contributed by atoms with Crippen LogP contribution in [0.4, 0.5) is 4.79 Å². The average molecular weight is 356 g/mol. The first-order valence-electron chi connectivity index (χ1n) is 8.47. The van der Waals surface area contributed by atoms with E-state index in [1.165, 1.54) is 10.9 Å². The third-order valence-electron chi connectivity index (χ3n) is 4.21. The molecule has 8 nitrogen and oxygen atoms in total. The fourth-order valence-corrected chi connectivity index (χ4v) is 2.98. The second-order valence-corrected chi connectivity index (χ2v) is 5.87. The van der Waals surface area contributed by atoms with E-state index in [1.807, 2.05) is 6.92 Å². The molecule has 1 aromatic heterocycles. The van der Waals surface area contributed by atoms with E-state index in [4.69, 9.17) is 4.74 Å². The van der Waals surface area contributed by atoms with Gasteiger partial charge in [0.05, 0.1) is 47.7 Å². The van der Waals surface area contributed by atoms with E-state index in [1.54, 1.807) is 31.2 Å². The molecule has 8 heteroatoms. The van der Waals surface area contributed by atoms with Crippen LogP contribution in [0, 0.1) is 0 Å². The van der Waals surface area contributed by atoms with E-state index in [2.05, 4.69) is 15.6 Å². The quantitative estimate of drug-likeness (QED) is 0.787. The number of hydrogen-bond acceptors (Lipinski definition) is 5. The molecular weight excluding hydrogens is 336 g/mol. The van der Waals surface area contributed by atoms with Gasteiger partial charge in [0.1, 0.15) is 0 Å². The van der Waals surface area contributed by atoms with Crippen molar-refractivity contribution in [3.63, 3.8) is 0 Å². The average Bonchev–Trinajstić information content (AvgIpc) is 2.63. The van der Waals surface area contributed by atoms with Crippen molar-refractivity contribution in [2.75, 3.05) is 6.61 Å². The lowest BCUT2D eigenvalue weighted by atomic mass is 10.00. The van der Waals surface area contributed by atoms with Gasteiger partial charge in [-0.15, -0.1) is 0 Å². The number of carbonyl (C=O) groups is 2. The summed E-state index contributed by atoms with van der Waals surface area (Å²) in [4.78, 5) is 41.3. The third kappa shape index (κ3) is 3.30. The Balaban J connectivity index is 2.06. The van der Waals surface area contributed by atoms with Crippen LogP contribution in [0.15, 0.2) is 46.7 Å². The number of amides is 2. The van der Waals surface area contributed by atoms with Crippen molar-refractivity contribution in [2.45, 2.75) is 32.9 Å². The van der Waals surface area contributed by atoms with Gasteiger partial charge in [0.15, 0.2) is 0 Å². The standard InChI is InChI=1S/C18H20N4O4/c1-3-12-15(17(24)26-4-2)14(21-18(25)20-12)9-22-10-19-13-8-6-5-7-11(13)16(22)23/h5-8,10,12H,3-4,9H2,1-2H3,(H2,20,21,25). The molecular formula is C18H20N4O4. The van der Waals surface area contributed by atoms with Gasteiger partial charge < -0.3 is 15.4 Å². The number of fused-ring (bicyclic) bond motifs is 1. The molecule has 0 saturated carbocycles. The summed E-state index contributed by atoms with van der Waals surface area (Å²) in [5.74, 6) is -0.511. The summed E-state index contributed by atoms with van der Waals surface area (Å²) >= 11 is 0. The maximum Gasteiger partial charge on any atom is 0.337 e. The lowest BCUT2D eigenvalue weighted by molar-refractivity contribution is -0.139. The Hall–Kier alpha value is -3.16. The van der Waals surface area contributed by atoms with Crippen LogP contribution >= 0.6 is 0 Å². The van der Waals surface area contributed by atoms with Gasteiger partial charge in [-0.1, -0.05) is 19.1 Å². The monoisotopic (exact) mass is 356 g/mol. The molecule has 0 fully saturated rings. The predicted molar refractivity (Wildman–Crippen MR) is 95.4 cm³/mol.